The van der Waals surface area contributed by atoms with Gasteiger partial charge in [0.05, 0.1) is 19.8 Å². The van der Waals surface area contributed by atoms with Crippen molar-refractivity contribution in [3.63, 3.8) is 0 Å². The Kier molecular flexibility index (Phi) is 5.06. The summed E-state index contributed by atoms with van der Waals surface area (Å²) in [6.07, 6.45) is 2.95. The molecule has 0 saturated carbocycles. The van der Waals surface area contributed by atoms with Gasteiger partial charge in [-0.05, 0) is 43.5 Å². The van der Waals surface area contributed by atoms with Crippen LogP contribution in [0.2, 0.25) is 0 Å². The first-order valence-corrected chi connectivity index (χ1v) is 7.65. The molecule has 0 amide bonds. The van der Waals surface area contributed by atoms with Crippen LogP contribution in [0.15, 0.2) is 12.1 Å². The van der Waals surface area contributed by atoms with Crippen molar-refractivity contribution >= 4 is 0 Å². The van der Waals surface area contributed by atoms with Crippen molar-refractivity contribution < 1.29 is 14.2 Å². The fraction of sp³-hybridized carbons (Fsp3) is 0.647. The maximum absolute atomic E-state index is 5.96. The molecular formula is C17H26O3. The van der Waals surface area contributed by atoms with Crippen molar-refractivity contribution in [2.45, 2.75) is 52.7 Å². The van der Waals surface area contributed by atoms with Crippen molar-refractivity contribution in [3.8, 4) is 5.75 Å². The molecule has 20 heavy (non-hydrogen) atoms. The summed E-state index contributed by atoms with van der Waals surface area (Å²) >= 11 is 0. The molecule has 1 saturated heterocycles. The van der Waals surface area contributed by atoms with E-state index in [9.17, 15) is 0 Å². The lowest BCUT2D eigenvalue weighted by molar-refractivity contribution is -0.171. The highest BCUT2D eigenvalue weighted by Gasteiger charge is 2.39. The summed E-state index contributed by atoms with van der Waals surface area (Å²) in [5.41, 5.74) is 3.48. The Morgan fingerprint density at radius 1 is 1.05 bits per heavy atom. The second-order valence-electron chi connectivity index (χ2n) is 5.48. The van der Waals surface area contributed by atoms with Gasteiger partial charge >= 0.3 is 0 Å². The molecule has 1 aliphatic rings. The first-order valence-electron chi connectivity index (χ1n) is 7.65. The van der Waals surface area contributed by atoms with Crippen LogP contribution < -0.4 is 4.74 Å². The second-order valence-corrected chi connectivity index (χ2v) is 5.48. The number of hydrogen-bond acceptors (Lipinski definition) is 3. The third kappa shape index (κ3) is 2.99. The van der Waals surface area contributed by atoms with Crippen LogP contribution in [0.5, 0.6) is 5.75 Å². The average molecular weight is 278 g/mol. The summed E-state index contributed by atoms with van der Waals surface area (Å²) in [6, 6.07) is 4.28. The van der Waals surface area contributed by atoms with E-state index in [0.717, 1.165) is 42.7 Å². The highest BCUT2D eigenvalue weighted by Crippen LogP contribution is 2.39. The van der Waals surface area contributed by atoms with Gasteiger partial charge in [-0.25, -0.2) is 0 Å². The molecule has 2 rings (SSSR count). The molecule has 0 atom stereocenters. The van der Waals surface area contributed by atoms with Crippen LogP contribution in [0, 0.1) is 13.8 Å². The lowest BCUT2D eigenvalue weighted by Gasteiger charge is -2.30. The van der Waals surface area contributed by atoms with Crippen molar-refractivity contribution in [1.82, 2.24) is 0 Å². The summed E-state index contributed by atoms with van der Waals surface area (Å²) in [4.78, 5) is 0. The fourth-order valence-corrected chi connectivity index (χ4v) is 2.79. The zero-order valence-electron chi connectivity index (χ0n) is 13.1. The van der Waals surface area contributed by atoms with E-state index in [0.29, 0.717) is 13.2 Å². The zero-order valence-corrected chi connectivity index (χ0v) is 13.1. The molecule has 0 aliphatic carbocycles. The molecule has 0 N–H and O–H groups in total. The SMILES string of the molecule is CCCOc1cc(C)c(C2(CCC)OCCO2)cc1C. The maximum Gasteiger partial charge on any atom is 0.195 e. The van der Waals surface area contributed by atoms with E-state index in [1.807, 2.05) is 0 Å². The third-order valence-electron chi connectivity index (χ3n) is 3.73. The minimum Gasteiger partial charge on any atom is -0.493 e. The summed E-state index contributed by atoms with van der Waals surface area (Å²) < 4.78 is 17.7. The highest BCUT2D eigenvalue weighted by atomic mass is 16.7. The van der Waals surface area contributed by atoms with Gasteiger partial charge in [-0.1, -0.05) is 20.3 Å². The van der Waals surface area contributed by atoms with Gasteiger partial charge in [-0.3, -0.25) is 0 Å². The van der Waals surface area contributed by atoms with E-state index in [2.05, 4.69) is 39.8 Å². The first-order chi connectivity index (χ1) is 9.63. The standard InChI is InChI=1S/C17H26O3/c1-5-7-17(19-9-10-20-17)15-11-14(4)16(12-13(15)3)18-8-6-2/h11-12H,5-10H2,1-4H3. The molecule has 0 radical (unpaired) electrons. The van der Waals surface area contributed by atoms with Gasteiger partial charge in [0, 0.05) is 12.0 Å². The Labute approximate surface area is 122 Å². The number of ether oxygens (including phenoxy) is 3. The summed E-state index contributed by atoms with van der Waals surface area (Å²) in [5.74, 6) is 0.421. The van der Waals surface area contributed by atoms with E-state index in [1.54, 1.807) is 0 Å². The summed E-state index contributed by atoms with van der Waals surface area (Å²) in [5, 5.41) is 0. The second kappa shape index (κ2) is 6.59. The van der Waals surface area contributed by atoms with E-state index >= 15 is 0 Å². The van der Waals surface area contributed by atoms with Crippen LogP contribution in [0.3, 0.4) is 0 Å². The lowest BCUT2D eigenvalue weighted by atomic mass is 9.94. The zero-order chi connectivity index (χ0) is 14.6. The quantitative estimate of drug-likeness (QED) is 0.784. The Morgan fingerprint density at radius 2 is 1.75 bits per heavy atom. The van der Waals surface area contributed by atoms with Crippen molar-refractivity contribution in [2.75, 3.05) is 19.8 Å². The number of rotatable bonds is 6. The topological polar surface area (TPSA) is 27.7 Å². The van der Waals surface area contributed by atoms with Crippen LogP contribution in [0.1, 0.15) is 49.8 Å². The number of benzene rings is 1. The van der Waals surface area contributed by atoms with Crippen LogP contribution >= 0.6 is 0 Å². The number of hydrogen-bond donors (Lipinski definition) is 0. The highest BCUT2D eigenvalue weighted by molar-refractivity contribution is 5.43. The predicted octanol–water partition coefficient (Wildman–Crippen LogP) is 4.09. The van der Waals surface area contributed by atoms with Crippen LogP contribution in [-0.2, 0) is 15.3 Å². The Morgan fingerprint density at radius 3 is 2.35 bits per heavy atom. The van der Waals surface area contributed by atoms with Crippen LogP contribution in [0.4, 0.5) is 0 Å². The van der Waals surface area contributed by atoms with Crippen molar-refractivity contribution in [3.05, 3.63) is 28.8 Å². The molecule has 1 aromatic carbocycles. The Bertz CT molecular complexity index is 448. The molecule has 1 aromatic rings. The van der Waals surface area contributed by atoms with Crippen molar-refractivity contribution in [1.29, 1.82) is 0 Å². The van der Waals surface area contributed by atoms with Gasteiger partial charge in [0.25, 0.3) is 0 Å². The minimum absolute atomic E-state index is 0.549. The Balaban J connectivity index is 2.34. The predicted molar refractivity (Wildman–Crippen MR) is 80.2 cm³/mol. The molecule has 3 nitrogen and oxygen atoms in total. The smallest absolute Gasteiger partial charge is 0.195 e. The van der Waals surface area contributed by atoms with Gasteiger partial charge in [0.15, 0.2) is 5.79 Å². The van der Waals surface area contributed by atoms with E-state index < -0.39 is 5.79 Å². The minimum atomic E-state index is -0.549. The largest absolute Gasteiger partial charge is 0.493 e. The normalized spacial score (nSPS) is 17.4. The fourth-order valence-electron chi connectivity index (χ4n) is 2.79. The maximum atomic E-state index is 5.96. The molecular weight excluding hydrogens is 252 g/mol. The van der Waals surface area contributed by atoms with Gasteiger partial charge < -0.3 is 14.2 Å². The van der Waals surface area contributed by atoms with E-state index in [1.165, 1.54) is 5.56 Å². The summed E-state index contributed by atoms with van der Waals surface area (Å²) in [6.45, 7) is 10.6. The van der Waals surface area contributed by atoms with Gasteiger partial charge in [-0.2, -0.15) is 0 Å². The third-order valence-corrected chi connectivity index (χ3v) is 3.73. The van der Waals surface area contributed by atoms with E-state index in [-0.39, 0.29) is 0 Å². The van der Waals surface area contributed by atoms with Crippen LogP contribution in [0.25, 0.3) is 0 Å². The van der Waals surface area contributed by atoms with Gasteiger partial charge in [0.1, 0.15) is 5.75 Å². The lowest BCUT2D eigenvalue weighted by Crippen LogP contribution is -2.28. The van der Waals surface area contributed by atoms with Crippen molar-refractivity contribution in [2.24, 2.45) is 0 Å². The summed E-state index contributed by atoms with van der Waals surface area (Å²) in [7, 11) is 0. The monoisotopic (exact) mass is 278 g/mol. The van der Waals surface area contributed by atoms with Gasteiger partial charge in [-0.15, -0.1) is 0 Å². The van der Waals surface area contributed by atoms with Gasteiger partial charge in [0.2, 0.25) is 0 Å². The molecule has 0 bridgehead atoms. The number of aryl methyl sites for hydroxylation is 2. The molecule has 112 valence electrons. The Hall–Kier alpha value is -1.06. The molecule has 1 fully saturated rings. The molecule has 0 spiro atoms. The van der Waals surface area contributed by atoms with E-state index in [4.69, 9.17) is 14.2 Å². The molecule has 1 heterocycles. The molecule has 0 aromatic heterocycles. The first kappa shape index (κ1) is 15.3. The average Bonchev–Trinajstić information content (AvgIpc) is 2.89. The van der Waals surface area contributed by atoms with Crippen LogP contribution in [-0.4, -0.2) is 19.8 Å². The molecule has 3 heteroatoms. The molecule has 0 unspecified atom stereocenters. The molecule has 1 aliphatic heterocycles.